The largest absolute Gasteiger partial charge is 0.673 e. The van der Waals surface area contributed by atoms with Crippen molar-refractivity contribution < 1.29 is 17.3 Å². The molecule has 1 rings (SSSR count). The van der Waals surface area contributed by atoms with Crippen molar-refractivity contribution in [3.63, 3.8) is 0 Å². The third kappa shape index (κ3) is 24.9. The third-order valence-electron chi connectivity index (χ3n) is 4.51. The highest BCUT2D eigenvalue weighted by molar-refractivity contribution is 6.50. The van der Waals surface area contributed by atoms with E-state index >= 15 is 0 Å². The smallest absolute Gasteiger partial charge is 0.418 e. The first kappa shape index (κ1) is 25.9. The van der Waals surface area contributed by atoms with E-state index in [0.717, 1.165) is 6.42 Å². The summed E-state index contributed by atoms with van der Waals surface area (Å²) in [5.74, 6) is 0. The predicted molar refractivity (Wildman–Crippen MR) is 108 cm³/mol. The van der Waals surface area contributed by atoms with Crippen LogP contribution in [-0.2, 0) is 6.42 Å². The lowest BCUT2D eigenvalue weighted by Crippen LogP contribution is -2.02. The molecule has 0 N–H and O–H groups in total. The first-order valence-corrected chi connectivity index (χ1v) is 10.7. The highest BCUT2D eigenvalue weighted by Crippen LogP contribution is 2.13. The quantitative estimate of drug-likeness (QED) is 0.166. The topological polar surface area (TPSA) is 12.9 Å². The van der Waals surface area contributed by atoms with Crippen LogP contribution in [0.15, 0.2) is 24.4 Å². The average Bonchev–Trinajstić information content (AvgIpc) is 2.61. The first-order chi connectivity index (χ1) is 12.9. The van der Waals surface area contributed by atoms with Gasteiger partial charge < -0.3 is 17.3 Å². The molecule has 0 aliphatic carbocycles. The lowest BCUT2D eigenvalue weighted by Gasteiger charge is -2.03. The minimum Gasteiger partial charge on any atom is -0.418 e. The molecule has 0 saturated carbocycles. The summed E-state index contributed by atoms with van der Waals surface area (Å²) in [7, 11) is -6.00. The molecule has 0 radical (unpaired) electrons. The van der Waals surface area contributed by atoms with Crippen LogP contribution in [0.5, 0.6) is 0 Å². The number of aromatic nitrogens is 1. The lowest BCUT2D eigenvalue weighted by molar-refractivity contribution is 0.368. The summed E-state index contributed by atoms with van der Waals surface area (Å²) < 4.78 is 39.0. The Kier molecular flexibility index (Phi) is 17.6. The summed E-state index contributed by atoms with van der Waals surface area (Å²) in [6.45, 7) is 2.29. The Morgan fingerprint density at radius 2 is 1.07 bits per heavy atom. The van der Waals surface area contributed by atoms with Crippen LogP contribution >= 0.6 is 0 Å². The number of aryl methyl sites for hydroxylation is 1. The number of rotatable bonds is 15. The van der Waals surface area contributed by atoms with E-state index in [1.807, 2.05) is 12.3 Å². The molecule has 1 aromatic heterocycles. The van der Waals surface area contributed by atoms with Crippen molar-refractivity contribution in [2.24, 2.45) is 0 Å². The van der Waals surface area contributed by atoms with Gasteiger partial charge in [0.2, 0.25) is 0 Å². The highest BCUT2D eigenvalue weighted by Gasteiger charge is 2.20. The van der Waals surface area contributed by atoms with Gasteiger partial charge in [-0.3, -0.25) is 4.98 Å². The molecule has 0 unspecified atom stereocenters. The monoisotopic (exact) mass is 390 g/mol. The summed E-state index contributed by atoms with van der Waals surface area (Å²) in [4.78, 5) is 4.38. The van der Waals surface area contributed by atoms with Crippen LogP contribution in [-0.4, -0.2) is 12.2 Å². The third-order valence-corrected chi connectivity index (χ3v) is 4.51. The predicted octanol–water partition coefficient (Wildman–Crippen LogP) is 8.41. The second kappa shape index (κ2) is 18.3. The Balaban J connectivity index is 0.00000119. The number of hydrogen-bond acceptors (Lipinski definition) is 1. The second-order valence-electron chi connectivity index (χ2n) is 7.16. The molecule has 6 heteroatoms. The molecule has 0 aromatic carbocycles. The number of nitrogens with zero attached hydrogens (tertiary/aromatic N) is 1. The Morgan fingerprint density at radius 3 is 1.44 bits per heavy atom. The zero-order valence-corrected chi connectivity index (χ0v) is 17.0. The maximum Gasteiger partial charge on any atom is 0.673 e. The van der Waals surface area contributed by atoms with Crippen LogP contribution in [0.25, 0.3) is 0 Å². The van der Waals surface area contributed by atoms with E-state index in [4.69, 9.17) is 0 Å². The van der Waals surface area contributed by atoms with Gasteiger partial charge in [-0.1, -0.05) is 96.5 Å². The molecule has 27 heavy (non-hydrogen) atoms. The Bertz CT molecular complexity index is 406. The van der Waals surface area contributed by atoms with E-state index in [9.17, 15) is 17.3 Å². The maximum absolute atomic E-state index is 9.75. The van der Waals surface area contributed by atoms with Crippen molar-refractivity contribution in [3.05, 3.63) is 30.1 Å². The molecule has 1 nitrogen and oxygen atoms in total. The summed E-state index contributed by atoms with van der Waals surface area (Å²) in [5.41, 5.74) is 1.25. The SMILES string of the molecule is CCCCCCCCCCCCCCCCc1ccccn1.F[B-](F)(F)F. The molecule has 0 aliphatic rings. The molecule has 0 atom stereocenters. The first-order valence-electron chi connectivity index (χ1n) is 10.7. The van der Waals surface area contributed by atoms with E-state index in [0.29, 0.717) is 0 Å². The molecule has 0 amide bonds. The molecular formula is C21H37BF4N-. The summed E-state index contributed by atoms with van der Waals surface area (Å²) >= 11 is 0. The van der Waals surface area contributed by atoms with E-state index in [1.165, 1.54) is 95.6 Å². The number of unbranched alkanes of at least 4 members (excludes halogenated alkanes) is 13. The second-order valence-corrected chi connectivity index (χ2v) is 7.16. The van der Waals surface area contributed by atoms with Gasteiger partial charge in [-0.25, -0.2) is 0 Å². The number of pyridine rings is 1. The van der Waals surface area contributed by atoms with E-state index in [1.54, 1.807) is 0 Å². The van der Waals surface area contributed by atoms with Crippen molar-refractivity contribution in [1.29, 1.82) is 0 Å². The number of hydrogen-bond donors (Lipinski definition) is 0. The van der Waals surface area contributed by atoms with Gasteiger partial charge >= 0.3 is 7.25 Å². The van der Waals surface area contributed by atoms with Crippen molar-refractivity contribution in [3.8, 4) is 0 Å². The molecule has 0 fully saturated rings. The van der Waals surface area contributed by atoms with Gasteiger partial charge in [-0.15, -0.1) is 0 Å². The van der Waals surface area contributed by atoms with Crippen LogP contribution in [0.3, 0.4) is 0 Å². The van der Waals surface area contributed by atoms with Crippen molar-refractivity contribution in [2.45, 2.75) is 103 Å². The molecule has 0 bridgehead atoms. The Labute approximate surface area is 163 Å². The molecule has 0 saturated heterocycles. The molecule has 0 aliphatic heterocycles. The fraction of sp³-hybridized carbons (Fsp3) is 0.762. The van der Waals surface area contributed by atoms with Gasteiger partial charge in [-0.2, -0.15) is 0 Å². The molecule has 1 aromatic rings. The average molecular weight is 390 g/mol. The minimum atomic E-state index is -6.00. The van der Waals surface area contributed by atoms with E-state index < -0.39 is 7.25 Å². The highest BCUT2D eigenvalue weighted by atomic mass is 19.5. The van der Waals surface area contributed by atoms with Crippen molar-refractivity contribution in [2.75, 3.05) is 0 Å². The van der Waals surface area contributed by atoms with E-state index in [2.05, 4.69) is 24.0 Å². The summed E-state index contributed by atoms with van der Waals surface area (Å²) in [6, 6.07) is 6.23. The molecule has 158 valence electrons. The van der Waals surface area contributed by atoms with Crippen LogP contribution in [0, 0.1) is 0 Å². The lowest BCUT2D eigenvalue weighted by atomic mass is 10.0. The molecule has 0 spiro atoms. The summed E-state index contributed by atoms with van der Waals surface area (Å²) in [6.07, 6.45) is 23.0. The Morgan fingerprint density at radius 1 is 0.667 bits per heavy atom. The zero-order valence-electron chi connectivity index (χ0n) is 17.0. The van der Waals surface area contributed by atoms with Gasteiger partial charge in [0, 0.05) is 11.9 Å². The van der Waals surface area contributed by atoms with Crippen LogP contribution in [0.4, 0.5) is 17.3 Å². The normalized spacial score (nSPS) is 11.1. The van der Waals surface area contributed by atoms with Gasteiger partial charge in [0.05, 0.1) is 0 Å². The molecule has 1 heterocycles. The minimum absolute atomic E-state index is 1.15. The molecular weight excluding hydrogens is 353 g/mol. The standard InChI is InChI=1S/C21H37N.BF4/c1-2-3-4-5-6-7-8-9-10-11-12-13-14-15-18-21-19-16-17-20-22-21;2-1(3,4)5/h16-17,19-20H,2-15,18H2,1H3;/q;-1. The van der Waals surface area contributed by atoms with Crippen molar-refractivity contribution in [1.82, 2.24) is 4.98 Å². The van der Waals surface area contributed by atoms with Crippen LogP contribution in [0.2, 0.25) is 0 Å². The fourth-order valence-electron chi connectivity index (χ4n) is 3.05. The van der Waals surface area contributed by atoms with Crippen molar-refractivity contribution >= 4 is 7.25 Å². The maximum atomic E-state index is 9.75. The fourth-order valence-corrected chi connectivity index (χ4v) is 3.05. The van der Waals surface area contributed by atoms with E-state index in [-0.39, 0.29) is 0 Å². The summed E-state index contributed by atoms with van der Waals surface area (Å²) in [5, 5.41) is 0. The Hall–Kier alpha value is -1.07. The zero-order chi connectivity index (χ0) is 20.2. The van der Waals surface area contributed by atoms with Gasteiger partial charge in [-0.05, 0) is 25.0 Å². The van der Waals surface area contributed by atoms with Gasteiger partial charge in [0.15, 0.2) is 0 Å². The number of halogens is 4. The van der Waals surface area contributed by atoms with Crippen LogP contribution < -0.4 is 0 Å². The van der Waals surface area contributed by atoms with Gasteiger partial charge in [0.25, 0.3) is 0 Å². The van der Waals surface area contributed by atoms with Crippen LogP contribution in [0.1, 0.15) is 103 Å². The van der Waals surface area contributed by atoms with Gasteiger partial charge in [0.1, 0.15) is 0 Å².